The van der Waals surface area contributed by atoms with Crippen molar-refractivity contribution in [2.24, 2.45) is 0 Å². The van der Waals surface area contributed by atoms with Crippen molar-refractivity contribution in [3.05, 3.63) is 47.5 Å². The highest BCUT2D eigenvalue weighted by atomic mass is 19.4. The summed E-state index contributed by atoms with van der Waals surface area (Å²) in [5.74, 6) is 0. The van der Waals surface area contributed by atoms with Gasteiger partial charge in [-0.2, -0.15) is 13.2 Å². The van der Waals surface area contributed by atoms with Gasteiger partial charge in [-0.15, -0.1) is 0 Å². The van der Waals surface area contributed by atoms with Crippen LogP contribution in [0.3, 0.4) is 0 Å². The molecular formula is C14H18F3N. The highest BCUT2D eigenvalue weighted by molar-refractivity contribution is 5.28. The topological polar surface area (TPSA) is 12.0 Å². The Morgan fingerprint density at radius 2 is 2.06 bits per heavy atom. The number of benzene rings is 1. The lowest BCUT2D eigenvalue weighted by atomic mass is 9.97. The van der Waals surface area contributed by atoms with Crippen molar-refractivity contribution in [1.29, 1.82) is 0 Å². The lowest BCUT2D eigenvalue weighted by Gasteiger charge is -2.19. The zero-order chi connectivity index (χ0) is 13.8. The molecule has 1 aromatic rings. The Morgan fingerprint density at radius 1 is 1.39 bits per heavy atom. The van der Waals surface area contributed by atoms with Gasteiger partial charge in [0.1, 0.15) is 0 Å². The molecule has 1 aromatic carbocycles. The predicted molar refractivity (Wildman–Crippen MR) is 67.3 cm³/mol. The normalized spacial score (nSPS) is 13.4. The highest BCUT2D eigenvalue weighted by Gasteiger charge is 2.30. The third-order valence-corrected chi connectivity index (χ3v) is 2.96. The van der Waals surface area contributed by atoms with Gasteiger partial charge in [0.15, 0.2) is 0 Å². The number of hydrogen-bond donors (Lipinski definition) is 1. The van der Waals surface area contributed by atoms with Gasteiger partial charge < -0.3 is 5.32 Å². The molecular weight excluding hydrogens is 239 g/mol. The maximum atomic E-state index is 12.6. The fraction of sp³-hybridized carbons (Fsp3) is 0.429. The number of hydrogen-bond acceptors (Lipinski definition) is 1. The Balaban J connectivity index is 2.96. The molecule has 0 aromatic heterocycles. The maximum Gasteiger partial charge on any atom is 0.416 e. The van der Waals surface area contributed by atoms with E-state index >= 15 is 0 Å². The minimum Gasteiger partial charge on any atom is -0.313 e. The Hall–Kier alpha value is -1.29. The summed E-state index contributed by atoms with van der Waals surface area (Å²) in [6, 6.07) is 5.31. The van der Waals surface area contributed by atoms with Gasteiger partial charge in [-0.1, -0.05) is 31.2 Å². The van der Waals surface area contributed by atoms with Crippen LogP contribution in [0.4, 0.5) is 13.2 Å². The average molecular weight is 257 g/mol. The Bertz CT molecular complexity index is 410. The van der Waals surface area contributed by atoms with Gasteiger partial charge in [0.25, 0.3) is 0 Å². The molecule has 0 heterocycles. The van der Waals surface area contributed by atoms with Crippen LogP contribution in [-0.4, -0.2) is 7.05 Å². The van der Waals surface area contributed by atoms with Gasteiger partial charge in [-0.05, 0) is 37.6 Å². The maximum absolute atomic E-state index is 12.6. The van der Waals surface area contributed by atoms with E-state index < -0.39 is 11.7 Å². The first kappa shape index (κ1) is 14.8. The summed E-state index contributed by atoms with van der Waals surface area (Å²) >= 11 is 0. The molecule has 0 aliphatic heterocycles. The van der Waals surface area contributed by atoms with Gasteiger partial charge in [0, 0.05) is 6.04 Å². The van der Waals surface area contributed by atoms with Gasteiger partial charge in [0.2, 0.25) is 0 Å². The average Bonchev–Trinajstić information content (AvgIpc) is 2.34. The lowest BCUT2D eigenvalue weighted by molar-refractivity contribution is -0.137. The standard InChI is InChI=1S/C14H18F3N/c1-4-10(2)8-13(18-3)11-6-5-7-12(9-11)14(15,16)17/h5-7,9,13,18H,2,4,8H2,1,3H3. The molecule has 0 saturated heterocycles. The van der Waals surface area contributed by atoms with Crippen LogP contribution in [0.25, 0.3) is 0 Å². The van der Waals surface area contributed by atoms with Gasteiger partial charge in [-0.3, -0.25) is 0 Å². The molecule has 0 fully saturated rings. The van der Waals surface area contributed by atoms with Crippen LogP contribution in [0.15, 0.2) is 36.4 Å². The van der Waals surface area contributed by atoms with Crippen LogP contribution < -0.4 is 5.32 Å². The van der Waals surface area contributed by atoms with Crippen LogP contribution in [0.2, 0.25) is 0 Å². The Kier molecular flexibility index (Phi) is 4.96. The first-order chi connectivity index (χ1) is 8.38. The van der Waals surface area contributed by atoms with Crippen LogP contribution in [-0.2, 0) is 6.18 Å². The summed E-state index contributed by atoms with van der Waals surface area (Å²) in [7, 11) is 1.74. The first-order valence-electron chi connectivity index (χ1n) is 5.89. The molecule has 18 heavy (non-hydrogen) atoms. The second-order valence-corrected chi connectivity index (χ2v) is 4.27. The quantitative estimate of drug-likeness (QED) is 0.774. The van der Waals surface area contributed by atoms with Crippen LogP contribution in [0.5, 0.6) is 0 Å². The van der Waals surface area contributed by atoms with E-state index in [2.05, 4.69) is 11.9 Å². The van der Waals surface area contributed by atoms with Gasteiger partial charge in [0.05, 0.1) is 5.56 Å². The zero-order valence-corrected chi connectivity index (χ0v) is 10.6. The second kappa shape index (κ2) is 6.05. The molecule has 1 nitrogen and oxygen atoms in total. The van der Waals surface area contributed by atoms with Gasteiger partial charge in [-0.25, -0.2) is 0 Å². The largest absolute Gasteiger partial charge is 0.416 e. The molecule has 0 aliphatic rings. The molecule has 1 unspecified atom stereocenters. The minimum absolute atomic E-state index is 0.125. The molecule has 0 bridgehead atoms. The van der Waals surface area contributed by atoms with E-state index in [1.54, 1.807) is 13.1 Å². The summed E-state index contributed by atoms with van der Waals surface area (Å²) in [5.41, 5.74) is 1.05. The van der Waals surface area contributed by atoms with Crippen LogP contribution >= 0.6 is 0 Å². The summed E-state index contributed by atoms with van der Waals surface area (Å²) < 4.78 is 37.9. The fourth-order valence-electron chi connectivity index (χ4n) is 1.75. The van der Waals surface area contributed by atoms with Crippen molar-refractivity contribution in [1.82, 2.24) is 5.32 Å². The fourth-order valence-corrected chi connectivity index (χ4v) is 1.75. The number of rotatable bonds is 5. The van der Waals surface area contributed by atoms with Gasteiger partial charge >= 0.3 is 6.18 Å². The van der Waals surface area contributed by atoms with E-state index in [0.29, 0.717) is 12.0 Å². The van der Waals surface area contributed by atoms with Crippen molar-refractivity contribution in [3.63, 3.8) is 0 Å². The summed E-state index contributed by atoms with van der Waals surface area (Å²) in [6.45, 7) is 5.88. The minimum atomic E-state index is -4.30. The van der Waals surface area contributed by atoms with E-state index in [1.165, 1.54) is 12.1 Å². The third kappa shape index (κ3) is 3.88. The molecule has 100 valence electrons. The van der Waals surface area contributed by atoms with Crippen molar-refractivity contribution in [2.45, 2.75) is 32.0 Å². The Labute approximate surface area is 106 Å². The molecule has 1 rings (SSSR count). The molecule has 1 N–H and O–H groups in total. The molecule has 0 spiro atoms. The molecule has 0 aliphatic carbocycles. The zero-order valence-electron chi connectivity index (χ0n) is 10.6. The van der Waals surface area contributed by atoms with Crippen LogP contribution in [0.1, 0.15) is 36.9 Å². The second-order valence-electron chi connectivity index (χ2n) is 4.27. The lowest BCUT2D eigenvalue weighted by Crippen LogP contribution is -2.17. The molecule has 0 saturated carbocycles. The van der Waals surface area contributed by atoms with Crippen LogP contribution in [0, 0.1) is 0 Å². The van der Waals surface area contributed by atoms with Crippen molar-refractivity contribution < 1.29 is 13.2 Å². The van der Waals surface area contributed by atoms with E-state index in [0.717, 1.165) is 18.1 Å². The molecule has 1 atom stereocenters. The Morgan fingerprint density at radius 3 is 2.56 bits per heavy atom. The third-order valence-electron chi connectivity index (χ3n) is 2.96. The summed E-state index contributed by atoms with van der Waals surface area (Å²) in [6.07, 6.45) is -2.82. The summed E-state index contributed by atoms with van der Waals surface area (Å²) in [4.78, 5) is 0. The monoisotopic (exact) mass is 257 g/mol. The molecule has 0 amide bonds. The van der Waals surface area contributed by atoms with E-state index in [-0.39, 0.29) is 6.04 Å². The highest BCUT2D eigenvalue weighted by Crippen LogP contribution is 2.31. The van der Waals surface area contributed by atoms with Crippen molar-refractivity contribution in [2.75, 3.05) is 7.05 Å². The summed E-state index contributed by atoms with van der Waals surface area (Å²) in [5, 5.41) is 3.03. The first-order valence-corrected chi connectivity index (χ1v) is 5.89. The van der Waals surface area contributed by atoms with Crippen molar-refractivity contribution in [3.8, 4) is 0 Å². The number of alkyl halides is 3. The number of nitrogens with one attached hydrogen (secondary N) is 1. The molecule has 0 radical (unpaired) electrons. The van der Waals surface area contributed by atoms with E-state index in [9.17, 15) is 13.2 Å². The smallest absolute Gasteiger partial charge is 0.313 e. The SMILES string of the molecule is C=C(CC)CC(NC)c1cccc(C(F)(F)F)c1. The predicted octanol–water partition coefficient (Wildman–Crippen LogP) is 4.32. The molecule has 4 heteroatoms. The van der Waals surface area contributed by atoms with E-state index in [4.69, 9.17) is 0 Å². The van der Waals surface area contributed by atoms with Crippen molar-refractivity contribution >= 4 is 0 Å². The number of halogens is 3. The van der Waals surface area contributed by atoms with E-state index in [1.807, 2.05) is 6.92 Å².